The molecule has 1 saturated carbocycles. The lowest BCUT2D eigenvalue weighted by Crippen LogP contribution is -2.13. The molecule has 146 valence electrons. The zero-order valence-corrected chi connectivity index (χ0v) is 16.2. The maximum absolute atomic E-state index is 13.2. The Bertz CT molecular complexity index is 703. The molecule has 0 aliphatic heterocycles. The van der Waals surface area contributed by atoms with Crippen LogP contribution in [0.25, 0.3) is 0 Å². The van der Waals surface area contributed by atoms with Crippen molar-refractivity contribution in [3.05, 3.63) is 65.2 Å². The number of halogens is 2. The van der Waals surface area contributed by atoms with Gasteiger partial charge in [0.1, 0.15) is 12.4 Å². The number of unbranched alkanes of at least 4 members (excludes halogenated alkanes) is 2. The first kappa shape index (κ1) is 19.9. The van der Waals surface area contributed by atoms with E-state index in [1.807, 2.05) is 0 Å². The van der Waals surface area contributed by atoms with E-state index in [2.05, 4.69) is 31.2 Å². The summed E-state index contributed by atoms with van der Waals surface area (Å²) in [5, 5.41) is 0. The topological polar surface area (TPSA) is 9.23 Å². The molecule has 3 heteroatoms. The molecule has 1 nitrogen and oxygen atoms in total. The summed E-state index contributed by atoms with van der Waals surface area (Å²) in [7, 11) is 0. The van der Waals surface area contributed by atoms with Gasteiger partial charge in [-0.15, -0.1) is 0 Å². The van der Waals surface area contributed by atoms with Gasteiger partial charge in [-0.05, 0) is 60.8 Å². The number of benzene rings is 2. The minimum Gasteiger partial charge on any atom is -0.489 e. The molecule has 0 amide bonds. The van der Waals surface area contributed by atoms with Gasteiger partial charge in [-0.3, -0.25) is 0 Å². The molecular weight excluding hydrogens is 342 g/mol. The molecule has 0 atom stereocenters. The van der Waals surface area contributed by atoms with Gasteiger partial charge in [0, 0.05) is 6.07 Å². The van der Waals surface area contributed by atoms with Crippen molar-refractivity contribution >= 4 is 0 Å². The lowest BCUT2D eigenvalue weighted by molar-refractivity contribution is 0.300. The van der Waals surface area contributed by atoms with E-state index in [1.165, 1.54) is 63.0 Å². The largest absolute Gasteiger partial charge is 0.489 e. The Hall–Kier alpha value is -1.90. The fourth-order valence-corrected chi connectivity index (χ4v) is 4.09. The standard InChI is InChI=1S/C24H30F2O/c1-2-3-4-5-18-6-10-20(11-7-18)21-12-8-19(9-13-21)17-27-22-14-15-23(25)24(26)16-22/h8-9,12-16,18,20H,2-7,10-11,17H2,1H3/t18-,20-. The second kappa shape index (κ2) is 9.87. The van der Waals surface area contributed by atoms with E-state index in [-0.39, 0.29) is 0 Å². The normalized spacial score (nSPS) is 19.8. The first-order valence-corrected chi connectivity index (χ1v) is 10.3. The van der Waals surface area contributed by atoms with Crippen molar-refractivity contribution in [2.75, 3.05) is 0 Å². The summed E-state index contributed by atoms with van der Waals surface area (Å²) < 4.78 is 31.7. The zero-order chi connectivity index (χ0) is 19.1. The van der Waals surface area contributed by atoms with Crippen LogP contribution >= 0.6 is 0 Å². The predicted octanol–water partition coefficient (Wildman–Crippen LogP) is 7.40. The molecule has 0 bridgehead atoms. The maximum Gasteiger partial charge on any atom is 0.162 e. The highest BCUT2D eigenvalue weighted by atomic mass is 19.2. The summed E-state index contributed by atoms with van der Waals surface area (Å²) in [6, 6.07) is 12.2. The van der Waals surface area contributed by atoms with Crippen LogP contribution in [0, 0.1) is 17.6 Å². The zero-order valence-electron chi connectivity index (χ0n) is 16.2. The van der Waals surface area contributed by atoms with Crippen molar-refractivity contribution in [3.63, 3.8) is 0 Å². The van der Waals surface area contributed by atoms with Gasteiger partial charge >= 0.3 is 0 Å². The Balaban J connectivity index is 1.47. The summed E-state index contributed by atoms with van der Waals surface area (Å²) in [5.41, 5.74) is 2.45. The highest BCUT2D eigenvalue weighted by molar-refractivity contribution is 5.27. The molecule has 2 aromatic carbocycles. The third-order valence-corrected chi connectivity index (χ3v) is 5.81. The van der Waals surface area contributed by atoms with Gasteiger partial charge < -0.3 is 4.74 Å². The van der Waals surface area contributed by atoms with Crippen LogP contribution in [0.1, 0.15) is 75.3 Å². The van der Waals surface area contributed by atoms with Gasteiger partial charge in [0.15, 0.2) is 11.6 Å². The van der Waals surface area contributed by atoms with Gasteiger partial charge in [0.2, 0.25) is 0 Å². The maximum atomic E-state index is 13.2. The summed E-state index contributed by atoms with van der Waals surface area (Å²) in [5.74, 6) is 0.212. The van der Waals surface area contributed by atoms with Gasteiger partial charge in [0.25, 0.3) is 0 Å². The van der Waals surface area contributed by atoms with Crippen molar-refractivity contribution in [3.8, 4) is 5.75 Å². The molecule has 0 spiro atoms. The lowest BCUT2D eigenvalue weighted by atomic mass is 9.77. The third kappa shape index (κ3) is 5.79. The molecule has 1 aliphatic carbocycles. The fraction of sp³-hybridized carbons (Fsp3) is 0.500. The Morgan fingerprint density at radius 1 is 0.889 bits per heavy atom. The highest BCUT2D eigenvalue weighted by Gasteiger charge is 2.21. The number of ether oxygens (including phenoxy) is 1. The quantitative estimate of drug-likeness (QED) is 0.439. The molecule has 1 aliphatic rings. The highest BCUT2D eigenvalue weighted by Crippen LogP contribution is 2.37. The number of hydrogen-bond acceptors (Lipinski definition) is 1. The molecule has 0 unspecified atom stereocenters. The molecule has 0 radical (unpaired) electrons. The van der Waals surface area contributed by atoms with E-state index in [0.717, 1.165) is 23.6 Å². The van der Waals surface area contributed by atoms with Crippen LogP contribution in [-0.4, -0.2) is 0 Å². The van der Waals surface area contributed by atoms with Crippen molar-refractivity contribution in [1.29, 1.82) is 0 Å². The first-order valence-electron chi connectivity index (χ1n) is 10.3. The minimum absolute atomic E-state index is 0.347. The van der Waals surface area contributed by atoms with Crippen LogP contribution in [0.5, 0.6) is 5.75 Å². The Labute approximate surface area is 161 Å². The smallest absolute Gasteiger partial charge is 0.162 e. The predicted molar refractivity (Wildman–Crippen MR) is 106 cm³/mol. The Morgan fingerprint density at radius 2 is 1.63 bits per heavy atom. The van der Waals surface area contributed by atoms with E-state index in [9.17, 15) is 8.78 Å². The second-order valence-corrected chi connectivity index (χ2v) is 7.82. The summed E-state index contributed by atoms with van der Waals surface area (Å²) >= 11 is 0. The summed E-state index contributed by atoms with van der Waals surface area (Å²) in [4.78, 5) is 0. The van der Waals surface area contributed by atoms with Crippen molar-refractivity contribution in [2.24, 2.45) is 5.92 Å². The molecule has 0 N–H and O–H groups in total. The molecule has 3 rings (SSSR count). The van der Waals surface area contributed by atoms with Crippen LogP contribution in [0.15, 0.2) is 42.5 Å². The Morgan fingerprint density at radius 3 is 2.30 bits per heavy atom. The third-order valence-electron chi connectivity index (χ3n) is 5.81. The van der Waals surface area contributed by atoms with Crippen LogP contribution < -0.4 is 4.74 Å². The first-order chi connectivity index (χ1) is 13.2. The van der Waals surface area contributed by atoms with E-state index < -0.39 is 11.6 Å². The van der Waals surface area contributed by atoms with E-state index >= 15 is 0 Å². The van der Waals surface area contributed by atoms with Gasteiger partial charge in [-0.25, -0.2) is 8.78 Å². The van der Waals surface area contributed by atoms with Crippen LogP contribution in [0.4, 0.5) is 8.78 Å². The molecule has 0 heterocycles. The van der Waals surface area contributed by atoms with Gasteiger partial charge in [-0.1, -0.05) is 56.9 Å². The fourth-order valence-electron chi connectivity index (χ4n) is 4.09. The average Bonchev–Trinajstić information content (AvgIpc) is 2.70. The molecule has 27 heavy (non-hydrogen) atoms. The SMILES string of the molecule is CCCCC[C@H]1CC[C@H](c2ccc(COc3ccc(F)c(F)c3)cc2)CC1. The van der Waals surface area contributed by atoms with E-state index in [1.54, 1.807) is 0 Å². The lowest BCUT2D eigenvalue weighted by Gasteiger charge is -2.29. The molecule has 2 aromatic rings. The van der Waals surface area contributed by atoms with Gasteiger partial charge in [-0.2, -0.15) is 0 Å². The van der Waals surface area contributed by atoms with Crippen LogP contribution in [0.2, 0.25) is 0 Å². The van der Waals surface area contributed by atoms with Gasteiger partial charge in [0.05, 0.1) is 0 Å². The summed E-state index contributed by atoms with van der Waals surface area (Å²) in [6.45, 7) is 2.62. The molecular formula is C24H30F2O. The van der Waals surface area contributed by atoms with E-state index in [4.69, 9.17) is 4.74 Å². The van der Waals surface area contributed by atoms with E-state index in [0.29, 0.717) is 18.3 Å². The molecule has 1 fully saturated rings. The average molecular weight is 372 g/mol. The van der Waals surface area contributed by atoms with Crippen molar-refractivity contribution < 1.29 is 13.5 Å². The molecule has 0 aromatic heterocycles. The Kier molecular flexibility index (Phi) is 7.25. The van der Waals surface area contributed by atoms with Crippen molar-refractivity contribution in [1.82, 2.24) is 0 Å². The summed E-state index contributed by atoms with van der Waals surface area (Å²) in [6.07, 6.45) is 10.8. The minimum atomic E-state index is -0.881. The second-order valence-electron chi connectivity index (χ2n) is 7.82. The number of rotatable bonds is 8. The van der Waals surface area contributed by atoms with Crippen LogP contribution in [-0.2, 0) is 6.61 Å². The molecule has 0 saturated heterocycles. The number of hydrogen-bond donors (Lipinski definition) is 0. The van der Waals surface area contributed by atoms with Crippen molar-refractivity contribution in [2.45, 2.75) is 70.8 Å². The monoisotopic (exact) mass is 372 g/mol. The van der Waals surface area contributed by atoms with Crippen LogP contribution in [0.3, 0.4) is 0 Å².